The number of anilines is 2. The molecule has 90 valence electrons. The van der Waals surface area contributed by atoms with E-state index in [0.29, 0.717) is 27.7 Å². The molecule has 0 saturated heterocycles. The van der Waals surface area contributed by atoms with Crippen LogP contribution in [-0.2, 0) is 0 Å². The van der Waals surface area contributed by atoms with Gasteiger partial charge in [0.15, 0.2) is 5.82 Å². The molecule has 0 radical (unpaired) electrons. The molecule has 16 heavy (non-hydrogen) atoms. The predicted molar refractivity (Wildman–Crippen MR) is 70.2 cm³/mol. The Morgan fingerprint density at radius 1 is 1.44 bits per heavy atom. The SMILES string of the molecule is CCN(c1nc(NN)c(Cl)cc1Cl)C(C)C. The smallest absolute Gasteiger partial charge is 0.161 e. The Hall–Kier alpha value is -0.710. The minimum Gasteiger partial charge on any atom is -0.353 e. The Balaban J connectivity index is 3.21. The average molecular weight is 263 g/mol. The van der Waals surface area contributed by atoms with E-state index >= 15 is 0 Å². The van der Waals surface area contributed by atoms with E-state index in [4.69, 9.17) is 29.0 Å². The summed E-state index contributed by atoms with van der Waals surface area (Å²) in [5.41, 5.74) is 2.45. The summed E-state index contributed by atoms with van der Waals surface area (Å²) in [6, 6.07) is 1.95. The zero-order chi connectivity index (χ0) is 12.3. The average Bonchev–Trinajstić information content (AvgIpc) is 2.21. The van der Waals surface area contributed by atoms with Crippen LogP contribution in [0.4, 0.5) is 11.6 Å². The lowest BCUT2D eigenvalue weighted by molar-refractivity contribution is 0.694. The summed E-state index contributed by atoms with van der Waals surface area (Å²) >= 11 is 12.0. The highest BCUT2D eigenvalue weighted by Gasteiger charge is 2.16. The van der Waals surface area contributed by atoms with Crippen LogP contribution in [0.1, 0.15) is 20.8 Å². The molecule has 0 aliphatic carbocycles. The number of nitrogen functional groups attached to an aromatic ring is 1. The normalized spacial score (nSPS) is 10.7. The van der Waals surface area contributed by atoms with Crippen LogP contribution in [0.15, 0.2) is 6.07 Å². The number of nitrogens with one attached hydrogen (secondary N) is 1. The lowest BCUT2D eigenvalue weighted by Gasteiger charge is -2.27. The third-order valence-corrected chi connectivity index (χ3v) is 2.85. The van der Waals surface area contributed by atoms with Crippen molar-refractivity contribution >= 4 is 34.8 Å². The largest absolute Gasteiger partial charge is 0.353 e. The summed E-state index contributed by atoms with van der Waals surface area (Å²) < 4.78 is 0. The Kier molecular flexibility index (Phi) is 4.65. The first-order valence-corrected chi connectivity index (χ1v) is 5.86. The number of nitrogens with two attached hydrogens (primary N) is 1. The molecular formula is C10H16Cl2N4. The first-order valence-electron chi connectivity index (χ1n) is 5.10. The van der Waals surface area contributed by atoms with Gasteiger partial charge in [0.2, 0.25) is 0 Å². The molecule has 0 unspecified atom stereocenters. The maximum absolute atomic E-state index is 6.12. The van der Waals surface area contributed by atoms with Gasteiger partial charge in [0.05, 0.1) is 10.0 Å². The van der Waals surface area contributed by atoms with Crippen molar-refractivity contribution in [2.24, 2.45) is 5.84 Å². The Morgan fingerprint density at radius 3 is 2.50 bits per heavy atom. The van der Waals surface area contributed by atoms with Gasteiger partial charge in [-0.2, -0.15) is 0 Å². The fraction of sp³-hybridized carbons (Fsp3) is 0.500. The number of hydrazine groups is 1. The minimum atomic E-state index is 0.307. The third kappa shape index (κ3) is 2.70. The van der Waals surface area contributed by atoms with Crippen molar-refractivity contribution in [2.75, 3.05) is 16.9 Å². The van der Waals surface area contributed by atoms with Crippen LogP contribution >= 0.6 is 23.2 Å². The quantitative estimate of drug-likeness (QED) is 0.647. The minimum absolute atomic E-state index is 0.307. The van der Waals surface area contributed by atoms with E-state index in [2.05, 4.69) is 29.2 Å². The van der Waals surface area contributed by atoms with E-state index in [1.165, 1.54) is 0 Å². The van der Waals surface area contributed by atoms with Crippen molar-refractivity contribution in [3.63, 3.8) is 0 Å². The van der Waals surface area contributed by atoms with Crippen molar-refractivity contribution in [3.8, 4) is 0 Å². The van der Waals surface area contributed by atoms with Crippen molar-refractivity contribution in [1.82, 2.24) is 4.98 Å². The second kappa shape index (κ2) is 5.57. The summed E-state index contributed by atoms with van der Waals surface area (Å²) in [6.07, 6.45) is 0. The molecule has 0 aromatic carbocycles. The van der Waals surface area contributed by atoms with Crippen LogP contribution < -0.4 is 16.2 Å². The van der Waals surface area contributed by atoms with E-state index in [0.717, 1.165) is 6.54 Å². The van der Waals surface area contributed by atoms with E-state index < -0.39 is 0 Å². The molecule has 1 aromatic heterocycles. The highest BCUT2D eigenvalue weighted by atomic mass is 35.5. The van der Waals surface area contributed by atoms with Crippen molar-refractivity contribution in [1.29, 1.82) is 0 Å². The van der Waals surface area contributed by atoms with E-state index in [1.54, 1.807) is 6.07 Å². The fourth-order valence-corrected chi connectivity index (χ4v) is 2.04. The zero-order valence-electron chi connectivity index (χ0n) is 9.59. The third-order valence-electron chi connectivity index (χ3n) is 2.28. The van der Waals surface area contributed by atoms with Gasteiger partial charge in [-0.3, -0.25) is 0 Å². The van der Waals surface area contributed by atoms with Crippen molar-refractivity contribution in [3.05, 3.63) is 16.1 Å². The highest BCUT2D eigenvalue weighted by Crippen LogP contribution is 2.31. The molecule has 0 aliphatic heterocycles. The number of nitrogens with zero attached hydrogens (tertiary/aromatic N) is 2. The van der Waals surface area contributed by atoms with E-state index in [9.17, 15) is 0 Å². The number of rotatable bonds is 4. The van der Waals surface area contributed by atoms with Gasteiger partial charge >= 0.3 is 0 Å². The molecule has 1 aromatic rings. The molecule has 0 fully saturated rings. The monoisotopic (exact) mass is 262 g/mol. The zero-order valence-corrected chi connectivity index (χ0v) is 11.1. The standard InChI is InChI=1S/C10H16Cl2N4/c1-4-16(6(2)3)10-8(12)5-7(11)9(14-10)15-13/h5-6H,4,13H2,1-3H3,(H,14,15). The van der Waals surface area contributed by atoms with Gasteiger partial charge in [-0.15, -0.1) is 0 Å². The first kappa shape index (κ1) is 13.4. The number of hydrogen-bond acceptors (Lipinski definition) is 4. The van der Waals surface area contributed by atoms with Gasteiger partial charge in [-0.05, 0) is 26.8 Å². The van der Waals surface area contributed by atoms with Crippen molar-refractivity contribution in [2.45, 2.75) is 26.8 Å². The van der Waals surface area contributed by atoms with E-state index in [-0.39, 0.29) is 0 Å². The molecule has 6 heteroatoms. The second-order valence-electron chi connectivity index (χ2n) is 3.65. The maximum Gasteiger partial charge on any atom is 0.161 e. The van der Waals surface area contributed by atoms with Crippen LogP contribution in [0.5, 0.6) is 0 Å². The van der Waals surface area contributed by atoms with Crippen LogP contribution in [0.2, 0.25) is 10.0 Å². The second-order valence-corrected chi connectivity index (χ2v) is 4.46. The number of aromatic nitrogens is 1. The number of halogens is 2. The van der Waals surface area contributed by atoms with Gasteiger partial charge < -0.3 is 10.3 Å². The topological polar surface area (TPSA) is 54.2 Å². The van der Waals surface area contributed by atoms with Crippen LogP contribution in [0.25, 0.3) is 0 Å². The molecule has 0 bridgehead atoms. The Bertz CT molecular complexity index is 368. The lowest BCUT2D eigenvalue weighted by Crippen LogP contribution is -2.31. The Labute approximate surface area is 106 Å². The molecule has 1 heterocycles. The fourth-order valence-electron chi connectivity index (χ4n) is 1.52. The molecule has 0 saturated carbocycles. The summed E-state index contributed by atoms with van der Waals surface area (Å²) in [6.45, 7) is 7.01. The molecule has 0 amide bonds. The van der Waals surface area contributed by atoms with Gasteiger partial charge in [-0.1, -0.05) is 23.2 Å². The maximum atomic E-state index is 6.12. The molecule has 1 rings (SSSR count). The summed E-state index contributed by atoms with van der Waals surface area (Å²) in [5.74, 6) is 6.45. The lowest BCUT2D eigenvalue weighted by atomic mass is 10.3. The number of pyridine rings is 1. The Morgan fingerprint density at radius 2 is 2.06 bits per heavy atom. The van der Waals surface area contributed by atoms with Gasteiger partial charge in [0, 0.05) is 12.6 Å². The highest BCUT2D eigenvalue weighted by molar-refractivity contribution is 6.37. The molecule has 0 aliphatic rings. The molecule has 4 nitrogen and oxygen atoms in total. The van der Waals surface area contributed by atoms with Crippen molar-refractivity contribution < 1.29 is 0 Å². The van der Waals surface area contributed by atoms with Crippen LogP contribution in [0, 0.1) is 0 Å². The van der Waals surface area contributed by atoms with Gasteiger partial charge in [0.1, 0.15) is 5.82 Å². The van der Waals surface area contributed by atoms with Crippen LogP contribution in [-0.4, -0.2) is 17.6 Å². The summed E-state index contributed by atoms with van der Waals surface area (Å²) in [7, 11) is 0. The van der Waals surface area contributed by atoms with Gasteiger partial charge in [0.25, 0.3) is 0 Å². The molecule has 3 N–H and O–H groups in total. The predicted octanol–water partition coefficient (Wildman–Crippen LogP) is 2.91. The number of hydrogen-bond donors (Lipinski definition) is 2. The van der Waals surface area contributed by atoms with E-state index in [1.807, 2.05) is 6.92 Å². The molecule has 0 spiro atoms. The van der Waals surface area contributed by atoms with Gasteiger partial charge in [-0.25, -0.2) is 10.8 Å². The van der Waals surface area contributed by atoms with Crippen LogP contribution in [0.3, 0.4) is 0 Å². The summed E-state index contributed by atoms with van der Waals surface area (Å²) in [5, 5.41) is 0.940. The summed E-state index contributed by atoms with van der Waals surface area (Å²) in [4.78, 5) is 6.38. The molecule has 0 atom stereocenters. The molecular weight excluding hydrogens is 247 g/mol. The first-order chi connectivity index (χ1) is 7.51.